The van der Waals surface area contributed by atoms with Gasteiger partial charge in [-0.1, -0.05) is 73.3 Å². The summed E-state index contributed by atoms with van der Waals surface area (Å²) in [6.07, 6.45) is -4.76. The summed E-state index contributed by atoms with van der Waals surface area (Å²) in [5.41, 5.74) is 0.321. The number of hydrogen-bond acceptors (Lipinski definition) is 6. The molecule has 3 amide bonds. The number of benzene rings is 4. The van der Waals surface area contributed by atoms with Crippen LogP contribution in [0.5, 0.6) is 0 Å². The van der Waals surface area contributed by atoms with E-state index >= 15 is 0 Å². The molecule has 4 aromatic rings. The topological polar surface area (TPSA) is 117 Å². The number of nitrogens with zero attached hydrogens (tertiary/aromatic N) is 1. The Kier molecular flexibility index (Phi) is 12.6. The molecule has 12 heteroatoms. The molecular weight excluding hydrogens is 673 g/mol. The van der Waals surface area contributed by atoms with Crippen molar-refractivity contribution in [3.05, 3.63) is 137 Å². The number of ether oxygens (including phenoxy) is 1. The van der Waals surface area contributed by atoms with Gasteiger partial charge in [-0.2, -0.15) is 13.2 Å². The van der Waals surface area contributed by atoms with Crippen molar-refractivity contribution < 1.29 is 37.1 Å². The van der Waals surface area contributed by atoms with Crippen LogP contribution >= 0.6 is 0 Å². The molecule has 0 saturated heterocycles. The van der Waals surface area contributed by atoms with E-state index in [1.165, 1.54) is 49.3 Å². The second kappa shape index (κ2) is 16.9. The fraction of sp³-hybridized carbons (Fsp3) is 0.250. The maximum atomic E-state index is 13.6. The summed E-state index contributed by atoms with van der Waals surface area (Å²) in [6.45, 7) is 8.24. The molecule has 272 valence electrons. The minimum Gasteiger partial charge on any atom is -0.463 e. The predicted octanol–water partition coefficient (Wildman–Crippen LogP) is 6.61. The highest BCUT2D eigenvalue weighted by molar-refractivity contribution is 6.12. The van der Waals surface area contributed by atoms with E-state index in [1.54, 1.807) is 55.5 Å². The van der Waals surface area contributed by atoms with Gasteiger partial charge in [-0.05, 0) is 66.4 Å². The Labute approximate surface area is 300 Å². The molecular formula is C40H41F3N4O5. The molecule has 0 aliphatic rings. The third-order valence-corrected chi connectivity index (χ3v) is 8.36. The molecule has 4 aromatic carbocycles. The molecule has 0 saturated carbocycles. The van der Waals surface area contributed by atoms with E-state index < -0.39 is 34.9 Å². The van der Waals surface area contributed by atoms with Crippen LogP contribution in [0.2, 0.25) is 0 Å². The zero-order valence-corrected chi connectivity index (χ0v) is 29.4. The van der Waals surface area contributed by atoms with Crippen LogP contribution in [-0.4, -0.2) is 62.4 Å². The van der Waals surface area contributed by atoms with E-state index in [-0.39, 0.29) is 35.7 Å². The van der Waals surface area contributed by atoms with Crippen molar-refractivity contribution in [1.29, 1.82) is 0 Å². The molecule has 1 atom stereocenters. The molecule has 0 radical (unpaired) electrons. The lowest BCUT2D eigenvalue weighted by Crippen LogP contribution is -2.52. The predicted molar refractivity (Wildman–Crippen MR) is 194 cm³/mol. The van der Waals surface area contributed by atoms with E-state index in [0.29, 0.717) is 41.0 Å². The average Bonchev–Trinajstić information content (AvgIpc) is 3.12. The molecule has 9 nitrogen and oxygen atoms in total. The molecule has 0 aromatic heterocycles. The summed E-state index contributed by atoms with van der Waals surface area (Å²) in [7, 11) is 3.08. The number of halogens is 3. The molecule has 0 fully saturated rings. The maximum absolute atomic E-state index is 13.6. The van der Waals surface area contributed by atoms with Crippen LogP contribution in [0.15, 0.2) is 109 Å². The van der Waals surface area contributed by atoms with E-state index in [1.807, 2.05) is 13.0 Å². The minimum atomic E-state index is -4.51. The van der Waals surface area contributed by atoms with Crippen molar-refractivity contribution in [2.75, 3.05) is 39.1 Å². The summed E-state index contributed by atoms with van der Waals surface area (Å²) in [5.74, 6) is -2.11. The van der Waals surface area contributed by atoms with Crippen molar-refractivity contribution >= 4 is 29.4 Å². The fourth-order valence-electron chi connectivity index (χ4n) is 5.67. The second-order valence-electron chi connectivity index (χ2n) is 12.1. The van der Waals surface area contributed by atoms with Gasteiger partial charge in [-0.3, -0.25) is 19.2 Å². The fourth-order valence-corrected chi connectivity index (χ4v) is 5.67. The van der Waals surface area contributed by atoms with Gasteiger partial charge < -0.3 is 25.6 Å². The molecule has 0 aliphatic carbocycles. The minimum absolute atomic E-state index is 0.0946. The quantitative estimate of drug-likeness (QED) is 0.127. The maximum Gasteiger partial charge on any atom is 0.416 e. The summed E-state index contributed by atoms with van der Waals surface area (Å²) >= 11 is 0. The number of hydrogen-bond donors (Lipinski definition) is 3. The molecule has 4 rings (SSSR count). The van der Waals surface area contributed by atoms with Crippen molar-refractivity contribution in [3.8, 4) is 11.1 Å². The van der Waals surface area contributed by atoms with Crippen molar-refractivity contribution in [2.45, 2.75) is 31.9 Å². The number of rotatable bonds is 14. The van der Waals surface area contributed by atoms with E-state index in [9.17, 15) is 32.3 Å². The van der Waals surface area contributed by atoms with Gasteiger partial charge in [0.05, 0.1) is 23.2 Å². The highest BCUT2D eigenvalue weighted by Gasteiger charge is 2.44. The van der Waals surface area contributed by atoms with Gasteiger partial charge in [-0.15, -0.1) is 0 Å². The van der Waals surface area contributed by atoms with Crippen molar-refractivity contribution in [3.63, 3.8) is 0 Å². The third-order valence-electron chi connectivity index (χ3n) is 8.36. The Balaban J connectivity index is 1.60. The van der Waals surface area contributed by atoms with Gasteiger partial charge in [-0.25, -0.2) is 0 Å². The number of amides is 3. The molecule has 0 heterocycles. The zero-order valence-electron chi connectivity index (χ0n) is 29.4. The number of esters is 1. The molecule has 0 bridgehead atoms. The third kappa shape index (κ3) is 8.87. The first-order chi connectivity index (χ1) is 24.7. The lowest BCUT2D eigenvalue weighted by Gasteiger charge is -2.34. The summed E-state index contributed by atoms with van der Waals surface area (Å²) < 4.78 is 45.2. The van der Waals surface area contributed by atoms with Crippen LogP contribution in [0.1, 0.15) is 51.3 Å². The molecule has 52 heavy (non-hydrogen) atoms. The average molecular weight is 715 g/mol. The number of nitrogens with one attached hydrogen (secondary N) is 3. The van der Waals surface area contributed by atoms with Gasteiger partial charge in [0.25, 0.3) is 11.8 Å². The van der Waals surface area contributed by atoms with Gasteiger partial charge in [0.15, 0.2) is 0 Å². The van der Waals surface area contributed by atoms with Gasteiger partial charge >= 0.3 is 12.1 Å². The summed E-state index contributed by atoms with van der Waals surface area (Å²) in [4.78, 5) is 55.2. The Morgan fingerprint density at radius 3 is 2.02 bits per heavy atom. The molecule has 0 aliphatic heterocycles. The molecule has 3 N–H and O–H groups in total. The number of anilines is 1. The van der Waals surface area contributed by atoms with Crippen molar-refractivity contribution in [2.24, 2.45) is 0 Å². The summed E-state index contributed by atoms with van der Waals surface area (Å²) in [5, 5.41) is 8.71. The second-order valence-corrected chi connectivity index (χ2v) is 12.1. The Morgan fingerprint density at radius 2 is 1.40 bits per heavy atom. The standard InChI is InChI=1S/C40H41F3N4O5/c1-6-44-26(3)39(38(51)45-7-2,29-13-9-8-10-14-29)25-52-35(48)24-27-17-22-34(33(23-27)37(50)47(4)5)46-36(49)32-16-12-11-15-31(32)28-18-20-30(21-19-28)40(41,42)43/h8-23,44H,3,6-7,24-25H2,1-2,4-5H3,(H,45,51)(H,46,49). The lowest BCUT2D eigenvalue weighted by atomic mass is 9.77. The van der Waals surface area contributed by atoms with Crippen LogP contribution in [0.25, 0.3) is 11.1 Å². The number of carbonyl (C=O) groups excluding carboxylic acids is 4. The number of carbonyl (C=O) groups is 4. The lowest BCUT2D eigenvalue weighted by molar-refractivity contribution is -0.146. The monoisotopic (exact) mass is 714 g/mol. The van der Waals surface area contributed by atoms with Crippen LogP contribution in [-0.2, 0) is 32.3 Å². The van der Waals surface area contributed by atoms with E-state index in [4.69, 9.17) is 4.74 Å². The number of alkyl halides is 3. The van der Waals surface area contributed by atoms with Crippen LogP contribution in [0, 0.1) is 0 Å². The smallest absolute Gasteiger partial charge is 0.416 e. The van der Waals surface area contributed by atoms with Crippen LogP contribution in [0.3, 0.4) is 0 Å². The van der Waals surface area contributed by atoms with Crippen molar-refractivity contribution in [1.82, 2.24) is 15.5 Å². The van der Waals surface area contributed by atoms with Crippen LogP contribution < -0.4 is 16.0 Å². The van der Waals surface area contributed by atoms with E-state index in [2.05, 4.69) is 22.5 Å². The highest BCUT2D eigenvalue weighted by Crippen LogP contribution is 2.33. The first-order valence-corrected chi connectivity index (χ1v) is 16.6. The first kappa shape index (κ1) is 38.9. The Bertz CT molecular complexity index is 1910. The SMILES string of the molecule is C=C(NCC)C(COC(=O)Cc1ccc(NC(=O)c2ccccc2-c2ccc(C(F)(F)F)cc2)c(C(=O)N(C)C)c1)(C(=O)NCC)c1ccccc1. The van der Waals surface area contributed by atoms with Crippen LogP contribution in [0.4, 0.5) is 18.9 Å². The largest absolute Gasteiger partial charge is 0.463 e. The summed E-state index contributed by atoms with van der Waals surface area (Å²) in [6, 6.07) is 24.3. The Hall–Kier alpha value is -5.91. The van der Waals surface area contributed by atoms with Gasteiger partial charge in [0.2, 0.25) is 5.91 Å². The Morgan fingerprint density at radius 1 is 0.769 bits per heavy atom. The normalized spacial score (nSPS) is 12.2. The van der Waals surface area contributed by atoms with Gasteiger partial charge in [0, 0.05) is 38.4 Å². The van der Waals surface area contributed by atoms with Gasteiger partial charge in [0.1, 0.15) is 12.0 Å². The number of likely N-dealkylation sites (N-methyl/N-ethyl adjacent to an activating group) is 2. The van der Waals surface area contributed by atoms with E-state index in [0.717, 1.165) is 12.1 Å². The first-order valence-electron chi connectivity index (χ1n) is 16.6. The zero-order chi connectivity index (χ0) is 38.1. The molecule has 0 spiro atoms. The molecule has 1 unspecified atom stereocenters. The highest BCUT2D eigenvalue weighted by atomic mass is 19.4.